The van der Waals surface area contributed by atoms with Crippen LogP contribution in [-0.4, -0.2) is 89.9 Å². The molecule has 1 aromatic rings. The molecule has 1 atom stereocenters. The van der Waals surface area contributed by atoms with Crippen LogP contribution in [0.2, 0.25) is 0 Å². The van der Waals surface area contributed by atoms with Crippen molar-refractivity contribution in [1.82, 2.24) is 24.9 Å². The van der Waals surface area contributed by atoms with Gasteiger partial charge in [-0.15, -0.1) is 5.10 Å². The fourth-order valence-corrected chi connectivity index (χ4v) is 3.15. The summed E-state index contributed by atoms with van der Waals surface area (Å²) < 4.78 is 6.73. The van der Waals surface area contributed by atoms with Crippen molar-refractivity contribution < 1.29 is 19.1 Å². The number of carbonyl (C=O) groups excluding carboxylic acids is 3. The molecule has 1 N–H and O–H groups in total. The first kappa shape index (κ1) is 19.7. The van der Waals surface area contributed by atoms with E-state index in [0.717, 1.165) is 13.1 Å². The molecule has 10 heteroatoms. The second-order valence-electron chi connectivity index (χ2n) is 6.65. The zero-order valence-corrected chi connectivity index (χ0v) is 16.0. The maximum atomic E-state index is 12.7. The molecular formula is C18H24N6O4. The van der Waals surface area contributed by atoms with Crippen LogP contribution in [0.1, 0.15) is 10.4 Å². The molecule has 28 heavy (non-hydrogen) atoms. The highest BCUT2D eigenvalue weighted by molar-refractivity contribution is 6.05. The van der Waals surface area contributed by atoms with Crippen LogP contribution in [0.4, 0.5) is 0 Å². The van der Waals surface area contributed by atoms with Gasteiger partial charge in [0.15, 0.2) is 0 Å². The van der Waals surface area contributed by atoms with Crippen molar-refractivity contribution in [2.45, 2.75) is 0 Å². The molecule has 0 aromatic carbocycles. The van der Waals surface area contributed by atoms with Gasteiger partial charge in [0.25, 0.3) is 11.8 Å². The molecule has 0 radical (unpaired) electrons. The Balaban J connectivity index is 1.41. The number of piperazine rings is 1. The van der Waals surface area contributed by atoms with Gasteiger partial charge in [0.1, 0.15) is 5.56 Å². The molecule has 0 spiro atoms. The molecule has 1 fully saturated rings. The quantitative estimate of drug-likeness (QED) is 0.676. The Labute approximate surface area is 162 Å². The van der Waals surface area contributed by atoms with E-state index in [1.165, 1.54) is 19.4 Å². The number of rotatable bonds is 6. The van der Waals surface area contributed by atoms with Crippen LogP contribution in [0, 0.1) is 5.92 Å². The summed E-state index contributed by atoms with van der Waals surface area (Å²) >= 11 is 0. The number of dihydropyridines is 1. The average Bonchev–Trinajstić information content (AvgIpc) is 3.09. The summed E-state index contributed by atoms with van der Waals surface area (Å²) in [6.07, 6.45) is 5.87. The Morgan fingerprint density at radius 3 is 2.68 bits per heavy atom. The number of hydrogen-bond donors (Lipinski definition) is 1. The predicted octanol–water partition coefficient (Wildman–Crippen LogP) is -0.914. The second-order valence-corrected chi connectivity index (χ2v) is 6.65. The van der Waals surface area contributed by atoms with E-state index < -0.39 is 5.92 Å². The average molecular weight is 388 g/mol. The molecule has 10 nitrogen and oxygen atoms in total. The van der Waals surface area contributed by atoms with Gasteiger partial charge >= 0.3 is 0 Å². The topological polar surface area (TPSA) is 109 Å². The monoisotopic (exact) mass is 388 g/mol. The van der Waals surface area contributed by atoms with Crippen LogP contribution >= 0.6 is 0 Å². The van der Waals surface area contributed by atoms with Gasteiger partial charge in [-0.1, -0.05) is 6.08 Å². The molecule has 1 aromatic heterocycles. The SMILES string of the molecule is COc1nn(C)cc1C(=O)N1CCN(CCNC(=O)C2C=CC(=O)N=C2)CC1. The van der Waals surface area contributed by atoms with Gasteiger partial charge in [-0.25, -0.2) is 4.99 Å². The van der Waals surface area contributed by atoms with Crippen LogP contribution in [0.3, 0.4) is 0 Å². The second kappa shape index (κ2) is 8.79. The van der Waals surface area contributed by atoms with Gasteiger partial charge in [0.05, 0.1) is 13.0 Å². The molecule has 2 aliphatic rings. The maximum Gasteiger partial charge on any atom is 0.269 e. The Morgan fingerprint density at radius 2 is 2.04 bits per heavy atom. The summed E-state index contributed by atoms with van der Waals surface area (Å²) in [6, 6.07) is 0. The van der Waals surface area contributed by atoms with Crippen molar-refractivity contribution in [3.8, 4) is 5.88 Å². The Hall–Kier alpha value is -3.01. The van der Waals surface area contributed by atoms with Crippen LogP contribution in [0.25, 0.3) is 0 Å². The predicted molar refractivity (Wildman–Crippen MR) is 101 cm³/mol. The van der Waals surface area contributed by atoms with E-state index >= 15 is 0 Å². The number of aliphatic imine (C=N–C) groups is 1. The maximum absolute atomic E-state index is 12.7. The highest BCUT2D eigenvalue weighted by Crippen LogP contribution is 2.18. The number of nitrogens with zero attached hydrogens (tertiary/aromatic N) is 5. The zero-order valence-electron chi connectivity index (χ0n) is 16.0. The molecule has 1 unspecified atom stereocenters. The summed E-state index contributed by atoms with van der Waals surface area (Å²) in [5, 5.41) is 6.97. The van der Waals surface area contributed by atoms with Crippen molar-refractivity contribution in [2.24, 2.45) is 18.0 Å². The molecule has 3 amide bonds. The van der Waals surface area contributed by atoms with E-state index in [9.17, 15) is 14.4 Å². The molecular weight excluding hydrogens is 364 g/mol. The van der Waals surface area contributed by atoms with Gasteiger partial charge < -0.3 is 15.0 Å². The third kappa shape index (κ3) is 4.63. The van der Waals surface area contributed by atoms with Gasteiger partial charge in [-0.2, -0.15) is 0 Å². The minimum Gasteiger partial charge on any atom is -0.479 e. The summed E-state index contributed by atoms with van der Waals surface area (Å²) in [5.74, 6) is -0.776. The zero-order chi connectivity index (χ0) is 20.1. The van der Waals surface area contributed by atoms with Crippen molar-refractivity contribution in [3.63, 3.8) is 0 Å². The van der Waals surface area contributed by atoms with E-state index in [1.54, 1.807) is 28.9 Å². The third-order valence-electron chi connectivity index (χ3n) is 4.72. The number of nitrogens with one attached hydrogen (secondary N) is 1. The first-order chi connectivity index (χ1) is 13.5. The van der Waals surface area contributed by atoms with Crippen LogP contribution in [0.15, 0.2) is 23.3 Å². The van der Waals surface area contributed by atoms with Crippen molar-refractivity contribution in [2.75, 3.05) is 46.4 Å². The van der Waals surface area contributed by atoms with Gasteiger partial charge in [0, 0.05) is 64.8 Å². The molecule has 3 heterocycles. The number of aromatic nitrogens is 2. The summed E-state index contributed by atoms with van der Waals surface area (Å²) in [4.78, 5) is 43.3. The smallest absolute Gasteiger partial charge is 0.269 e. The van der Waals surface area contributed by atoms with E-state index in [4.69, 9.17) is 4.74 Å². The Kier molecular flexibility index (Phi) is 6.19. The summed E-state index contributed by atoms with van der Waals surface area (Å²) in [7, 11) is 3.25. The number of methoxy groups -OCH3 is 1. The Bertz CT molecular complexity index is 791. The van der Waals surface area contributed by atoms with E-state index in [-0.39, 0.29) is 17.7 Å². The van der Waals surface area contributed by atoms with E-state index in [1.807, 2.05) is 0 Å². The molecule has 0 bridgehead atoms. The number of ether oxygens (including phenoxy) is 1. The molecule has 0 saturated carbocycles. The molecule has 3 rings (SSSR count). The highest BCUT2D eigenvalue weighted by atomic mass is 16.5. The normalized spacial score (nSPS) is 19.7. The first-order valence-electron chi connectivity index (χ1n) is 9.11. The highest BCUT2D eigenvalue weighted by Gasteiger charge is 2.26. The van der Waals surface area contributed by atoms with Crippen molar-refractivity contribution >= 4 is 23.9 Å². The van der Waals surface area contributed by atoms with Crippen molar-refractivity contribution in [3.05, 3.63) is 23.9 Å². The summed E-state index contributed by atoms with van der Waals surface area (Å²) in [6.45, 7) is 3.84. The van der Waals surface area contributed by atoms with Crippen LogP contribution in [0.5, 0.6) is 5.88 Å². The number of amides is 3. The van der Waals surface area contributed by atoms with Gasteiger partial charge in [0.2, 0.25) is 11.8 Å². The lowest BCUT2D eigenvalue weighted by Crippen LogP contribution is -2.50. The van der Waals surface area contributed by atoms with Gasteiger partial charge in [-0.05, 0) is 0 Å². The lowest BCUT2D eigenvalue weighted by Gasteiger charge is -2.34. The number of hydrogen-bond acceptors (Lipinski definition) is 6. The third-order valence-corrected chi connectivity index (χ3v) is 4.72. The lowest BCUT2D eigenvalue weighted by molar-refractivity contribution is -0.121. The fraction of sp³-hybridized carbons (Fsp3) is 0.500. The molecule has 1 saturated heterocycles. The fourth-order valence-electron chi connectivity index (χ4n) is 3.15. The van der Waals surface area contributed by atoms with Gasteiger partial charge in [-0.3, -0.25) is 24.0 Å². The number of carbonyl (C=O) groups is 3. The minimum absolute atomic E-state index is 0.0872. The molecule has 150 valence electrons. The van der Waals surface area contributed by atoms with Crippen LogP contribution in [-0.2, 0) is 16.6 Å². The molecule has 0 aliphatic carbocycles. The lowest BCUT2D eigenvalue weighted by atomic mass is 10.1. The number of aryl methyl sites for hydroxylation is 1. The van der Waals surface area contributed by atoms with Crippen molar-refractivity contribution in [1.29, 1.82) is 0 Å². The van der Waals surface area contributed by atoms with E-state index in [2.05, 4.69) is 20.3 Å². The summed E-state index contributed by atoms with van der Waals surface area (Å²) in [5.41, 5.74) is 0.464. The largest absolute Gasteiger partial charge is 0.479 e. The van der Waals surface area contributed by atoms with Crippen LogP contribution < -0.4 is 10.1 Å². The molecule has 2 aliphatic heterocycles. The Morgan fingerprint density at radius 1 is 1.29 bits per heavy atom. The standard InChI is InChI=1S/C18H24N6O4/c1-22-12-14(17(21-22)28-2)18(27)24-9-7-23(8-10-24)6-5-19-16(26)13-3-4-15(25)20-11-13/h3-4,11-13H,5-10H2,1-2H3,(H,19,26). The minimum atomic E-state index is -0.498. The van der Waals surface area contributed by atoms with E-state index in [0.29, 0.717) is 37.6 Å². The first-order valence-corrected chi connectivity index (χ1v) is 9.11.